The van der Waals surface area contributed by atoms with Crippen molar-refractivity contribution in [2.75, 3.05) is 12.4 Å². The molecule has 0 radical (unpaired) electrons. The van der Waals surface area contributed by atoms with E-state index in [9.17, 15) is 9.59 Å². The minimum Gasteiger partial charge on any atom is -0.380 e. The lowest BCUT2D eigenvalue weighted by Gasteiger charge is -2.07. The van der Waals surface area contributed by atoms with Crippen LogP contribution in [0.4, 0.5) is 5.69 Å². The van der Waals surface area contributed by atoms with Crippen molar-refractivity contribution in [3.05, 3.63) is 65.2 Å². The highest BCUT2D eigenvalue weighted by atomic mass is 16.5. The molecule has 0 saturated heterocycles. The lowest BCUT2D eigenvalue weighted by atomic mass is 10.1. The number of hydrogen-bond donors (Lipinski definition) is 2. The van der Waals surface area contributed by atoms with Gasteiger partial charge in [-0.25, -0.2) is 0 Å². The van der Waals surface area contributed by atoms with Crippen molar-refractivity contribution in [2.45, 2.75) is 6.61 Å². The zero-order valence-corrected chi connectivity index (χ0v) is 11.6. The van der Waals surface area contributed by atoms with E-state index >= 15 is 0 Å². The van der Waals surface area contributed by atoms with Gasteiger partial charge in [0, 0.05) is 23.9 Å². The number of nitrogens with two attached hydrogens (primary N) is 1. The molecule has 0 aromatic heterocycles. The third kappa shape index (κ3) is 3.90. The van der Waals surface area contributed by atoms with Crippen molar-refractivity contribution < 1.29 is 14.3 Å². The van der Waals surface area contributed by atoms with E-state index in [-0.39, 0.29) is 5.91 Å². The van der Waals surface area contributed by atoms with Gasteiger partial charge in [0.2, 0.25) is 5.91 Å². The Kier molecular flexibility index (Phi) is 4.68. The first-order valence-corrected chi connectivity index (χ1v) is 6.39. The maximum absolute atomic E-state index is 12.1. The average molecular weight is 284 g/mol. The molecule has 2 amide bonds. The fraction of sp³-hybridized carbons (Fsp3) is 0.125. The Morgan fingerprint density at radius 3 is 2.43 bits per heavy atom. The minimum absolute atomic E-state index is 0.222. The highest BCUT2D eigenvalue weighted by Gasteiger charge is 2.07. The van der Waals surface area contributed by atoms with Gasteiger partial charge in [-0.05, 0) is 42.0 Å². The first-order chi connectivity index (χ1) is 10.1. The topological polar surface area (TPSA) is 81.4 Å². The normalized spacial score (nSPS) is 10.1. The molecule has 5 nitrogen and oxygen atoms in total. The SMILES string of the molecule is COCc1cccc(C(=O)Nc2ccc(C(N)=O)cc2)c1. The lowest BCUT2D eigenvalue weighted by molar-refractivity contribution is 0.0998. The summed E-state index contributed by atoms with van der Waals surface area (Å²) in [5, 5.41) is 2.76. The third-order valence-electron chi connectivity index (χ3n) is 2.93. The molecule has 0 unspecified atom stereocenters. The number of hydrogen-bond acceptors (Lipinski definition) is 3. The molecule has 108 valence electrons. The van der Waals surface area contributed by atoms with Crippen LogP contribution in [0, 0.1) is 0 Å². The monoisotopic (exact) mass is 284 g/mol. The Balaban J connectivity index is 2.10. The maximum atomic E-state index is 12.1. The maximum Gasteiger partial charge on any atom is 0.255 e. The summed E-state index contributed by atoms with van der Waals surface area (Å²) in [5.74, 6) is -0.722. The summed E-state index contributed by atoms with van der Waals surface area (Å²) < 4.78 is 5.04. The van der Waals surface area contributed by atoms with Crippen molar-refractivity contribution >= 4 is 17.5 Å². The van der Waals surface area contributed by atoms with E-state index in [0.29, 0.717) is 23.4 Å². The Labute approximate surface area is 122 Å². The fourth-order valence-corrected chi connectivity index (χ4v) is 1.89. The first-order valence-electron chi connectivity index (χ1n) is 6.39. The molecular formula is C16H16N2O3. The molecule has 0 heterocycles. The van der Waals surface area contributed by atoms with Crippen molar-refractivity contribution in [2.24, 2.45) is 5.73 Å². The molecular weight excluding hydrogens is 268 g/mol. The number of amides is 2. The van der Waals surface area contributed by atoms with Crippen LogP contribution in [-0.4, -0.2) is 18.9 Å². The van der Waals surface area contributed by atoms with Crippen molar-refractivity contribution in [3.8, 4) is 0 Å². The number of primary amides is 1. The van der Waals surface area contributed by atoms with Crippen molar-refractivity contribution in [1.82, 2.24) is 0 Å². The van der Waals surface area contributed by atoms with E-state index in [1.165, 1.54) is 0 Å². The van der Waals surface area contributed by atoms with Crippen molar-refractivity contribution in [3.63, 3.8) is 0 Å². The zero-order valence-electron chi connectivity index (χ0n) is 11.6. The summed E-state index contributed by atoms with van der Waals surface area (Å²) in [6.07, 6.45) is 0. The van der Waals surface area contributed by atoms with Gasteiger partial charge in [-0.15, -0.1) is 0 Å². The molecule has 0 aliphatic carbocycles. The third-order valence-corrected chi connectivity index (χ3v) is 2.93. The first kappa shape index (κ1) is 14.7. The number of carbonyl (C=O) groups excluding carboxylic acids is 2. The molecule has 0 bridgehead atoms. The second-order valence-electron chi connectivity index (χ2n) is 4.53. The predicted octanol–water partition coefficient (Wildman–Crippen LogP) is 2.18. The Bertz CT molecular complexity index is 651. The van der Waals surface area contributed by atoms with Gasteiger partial charge in [0.25, 0.3) is 5.91 Å². The number of methoxy groups -OCH3 is 1. The number of nitrogens with one attached hydrogen (secondary N) is 1. The molecule has 0 spiro atoms. The molecule has 0 fully saturated rings. The van der Waals surface area contributed by atoms with Crippen LogP contribution in [0.1, 0.15) is 26.3 Å². The molecule has 2 rings (SSSR count). The highest BCUT2D eigenvalue weighted by molar-refractivity contribution is 6.04. The lowest BCUT2D eigenvalue weighted by Crippen LogP contribution is -2.13. The van der Waals surface area contributed by atoms with Gasteiger partial charge in [-0.1, -0.05) is 12.1 Å². The van der Waals surface area contributed by atoms with E-state index in [0.717, 1.165) is 5.56 Å². The molecule has 21 heavy (non-hydrogen) atoms. The second kappa shape index (κ2) is 6.67. The number of anilines is 1. The number of carbonyl (C=O) groups is 2. The summed E-state index contributed by atoms with van der Waals surface area (Å²) in [5.41, 5.74) is 7.63. The molecule has 0 atom stereocenters. The number of rotatable bonds is 5. The Morgan fingerprint density at radius 1 is 1.10 bits per heavy atom. The molecule has 2 aromatic carbocycles. The molecule has 0 aliphatic heterocycles. The predicted molar refractivity (Wildman–Crippen MR) is 80.1 cm³/mol. The average Bonchev–Trinajstić information content (AvgIpc) is 2.48. The van der Waals surface area contributed by atoms with Crippen LogP contribution < -0.4 is 11.1 Å². The number of ether oxygens (including phenoxy) is 1. The van der Waals surface area contributed by atoms with Gasteiger partial charge in [-0.2, -0.15) is 0 Å². The molecule has 0 aliphatic rings. The highest BCUT2D eigenvalue weighted by Crippen LogP contribution is 2.12. The number of benzene rings is 2. The standard InChI is InChI=1S/C16H16N2O3/c1-21-10-11-3-2-4-13(9-11)16(20)18-14-7-5-12(6-8-14)15(17)19/h2-9H,10H2,1H3,(H2,17,19)(H,18,20). The van der Waals surface area contributed by atoms with Gasteiger partial charge in [0.05, 0.1) is 6.61 Å². The van der Waals surface area contributed by atoms with Crippen LogP contribution >= 0.6 is 0 Å². The second-order valence-corrected chi connectivity index (χ2v) is 4.53. The largest absolute Gasteiger partial charge is 0.380 e. The summed E-state index contributed by atoms with van der Waals surface area (Å²) in [4.78, 5) is 23.1. The van der Waals surface area contributed by atoms with Crippen LogP contribution in [0.5, 0.6) is 0 Å². The Morgan fingerprint density at radius 2 is 1.81 bits per heavy atom. The molecule has 3 N–H and O–H groups in total. The molecule has 2 aromatic rings. The summed E-state index contributed by atoms with van der Waals surface area (Å²) in [6, 6.07) is 13.6. The quantitative estimate of drug-likeness (QED) is 0.883. The zero-order chi connectivity index (χ0) is 15.2. The van der Waals surface area contributed by atoms with Crippen LogP contribution in [-0.2, 0) is 11.3 Å². The van der Waals surface area contributed by atoms with Crippen molar-refractivity contribution in [1.29, 1.82) is 0 Å². The van der Waals surface area contributed by atoms with E-state index < -0.39 is 5.91 Å². The minimum atomic E-state index is -0.500. The van der Waals surface area contributed by atoms with Gasteiger partial charge in [0.15, 0.2) is 0 Å². The summed E-state index contributed by atoms with van der Waals surface area (Å²) in [7, 11) is 1.60. The smallest absolute Gasteiger partial charge is 0.255 e. The summed E-state index contributed by atoms with van der Waals surface area (Å²) >= 11 is 0. The van der Waals surface area contributed by atoms with Crippen LogP contribution in [0.2, 0.25) is 0 Å². The van der Waals surface area contributed by atoms with E-state index in [1.54, 1.807) is 49.6 Å². The van der Waals surface area contributed by atoms with Crippen LogP contribution in [0.3, 0.4) is 0 Å². The summed E-state index contributed by atoms with van der Waals surface area (Å²) in [6.45, 7) is 0.453. The fourth-order valence-electron chi connectivity index (χ4n) is 1.89. The molecule has 0 saturated carbocycles. The van der Waals surface area contributed by atoms with Gasteiger partial charge in [-0.3, -0.25) is 9.59 Å². The van der Waals surface area contributed by atoms with Crippen LogP contribution in [0.15, 0.2) is 48.5 Å². The van der Waals surface area contributed by atoms with Gasteiger partial charge >= 0.3 is 0 Å². The Hall–Kier alpha value is -2.66. The van der Waals surface area contributed by atoms with Crippen LogP contribution in [0.25, 0.3) is 0 Å². The molecule has 5 heteroatoms. The van der Waals surface area contributed by atoms with E-state index in [1.807, 2.05) is 6.07 Å². The van der Waals surface area contributed by atoms with Gasteiger partial charge in [0.1, 0.15) is 0 Å². The van der Waals surface area contributed by atoms with Gasteiger partial charge < -0.3 is 15.8 Å². The van der Waals surface area contributed by atoms with E-state index in [4.69, 9.17) is 10.5 Å². The van der Waals surface area contributed by atoms with E-state index in [2.05, 4.69) is 5.32 Å².